The van der Waals surface area contributed by atoms with Crippen LogP contribution in [0.5, 0.6) is 0 Å². The number of aliphatic hydroxyl groups is 1. The van der Waals surface area contributed by atoms with Crippen molar-refractivity contribution in [3.8, 4) is 0 Å². The van der Waals surface area contributed by atoms with Crippen LogP contribution in [0.2, 0.25) is 0 Å². The zero-order valence-corrected chi connectivity index (χ0v) is 24.3. The monoisotopic (exact) mass is 472 g/mol. The second-order valence-corrected chi connectivity index (χ2v) is 10.5. The molecule has 0 aromatic carbocycles. The summed E-state index contributed by atoms with van der Waals surface area (Å²) in [6.45, 7) is 4.13. The van der Waals surface area contributed by atoms with E-state index in [1.807, 2.05) is 6.92 Å². The number of hydrogen-bond acceptors (Lipinski definition) is 4. The van der Waals surface area contributed by atoms with Gasteiger partial charge in [0.2, 0.25) is 0 Å². The van der Waals surface area contributed by atoms with E-state index >= 15 is 0 Å². The van der Waals surface area contributed by atoms with Crippen LogP contribution in [0.4, 0.5) is 0 Å². The second kappa shape index (κ2) is 23.7. The van der Waals surface area contributed by atoms with Crippen molar-refractivity contribution in [3.63, 3.8) is 0 Å². The van der Waals surface area contributed by atoms with Crippen molar-refractivity contribution < 1.29 is 69.5 Å². The van der Waals surface area contributed by atoms with Gasteiger partial charge in [0.15, 0.2) is 0 Å². The van der Waals surface area contributed by atoms with E-state index in [4.69, 9.17) is 0 Å². The minimum Gasteiger partial charge on any atom is -0.748 e. The first kappa shape index (κ1) is 33.7. The summed E-state index contributed by atoms with van der Waals surface area (Å²) < 4.78 is 33.5. The number of unbranched alkanes of at least 4 members (excludes halogenated alkanes) is 13. The fraction of sp³-hybridized carbons (Fsp3) is 1.00. The van der Waals surface area contributed by atoms with Gasteiger partial charge in [-0.2, -0.15) is 0 Å². The normalized spacial score (nSPS) is 13.7. The predicted octanol–water partition coefficient (Wildman–Crippen LogP) is 4.11. The van der Waals surface area contributed by atoms with Crippen LogP contribution in [0, 0.1) is 0 Å². The largest absolute Gasteiger partial charge is 1.00 e. The fourth-order valence-corrected chi connectivity index (χ4v) is 5.03. The van der Waals surface area contributed by atoms with Gasteiger partial charge in [-0.15, -0.1) is 0 Å². The van der Waals surface area contributed by atoms with Crippen LogP contribution < -0.4 is 51.4 Å². The summed E-state index contributed by atoms with van der Waals surface area (Å²) in [6.07, 6.45) is 21.8. The Labute approximate surface area is 230 Å². The average Bonchev–Trinajstić information content (AvgIpc) is 2.66. The van der Waals surface area contributed by atoms with Gasteiger partial charge in [-0.05, 0) is 25.7 Å². The number of aliphatic hydroxyl groups excluding tert-OH is 1. The van der Waals surface area contributed by atoms with Gasteiger partial charge in [0.1, 0.15) is 0 Å². The molecule has 6 heteroatoms. The Morgan fingerprint density at radius 1 is 0.600 bits per heavy atom. The Morgan fingerprint density at radius 3 is 1.33 bits per heavy atom. The molecule has 0 aliphatic carbocycles. The van der Waals surface area contributed by atoms with Gasteiger partial charge in [-0.1, -0.05) is 117 Å². The average molecular weight is 473 g/mol. The molecule has 0 radical (unpaired) electrons. The predicted molar refractivity (Wildman–Crippen MR) is 123 cm³/mol. The van der Waals surface area contributed by atoms with E-state index in [0.717, 1.165) is 38.5 Å². The zero-order chi connectivity index (χ0) is 21.8. The van der Waals surface area contributed by atoms with Gasteiger partial charge in [-0.3, -0.25) is 0 Å². The third-order valence-corrected chi connectivity index (χ3v) is 7.26. The fourth-order valence-electron chi connectivity index (χ4n) is 4.05. The third kappa shape index (κ3) is 22.7. The molecule has 0 aromatic rings. The second-order valence-electron chi connectivity index (χ2n) is 8.87. The Bertz CT molecular complexity index is 442. The summed E-state index contributed by atoms with van der Waals surface area (Å²) in [7, 11) is -4.12. The maximum Gasteiger partial charge on any atom is 1.00 e. The first-order valence-corrected chi connectivity index (χ1v) is 14.0. The molecule has 2 unspecified atom stereocenters. The Hall–Kier alpha value is 1.51. The molecule has 0 aliphatic rings. The molecule has 0 fully saturated rings. The van der Waals surface area contributed by atoms with Crippen LogP contribution in [0.3, 0.4) is 0 Å². The summed E-state index contributed by atoms with van der Waals surface area (Å²) in [4.78, 5) is 0. The van der Waals surface area contributed by atoms with E-state index in [1.54, 1.807) is 0 Å². The molecular formula is C24H49KO4S. The first-order chi connectivity index (χ1) is 13.9. The first-order valence-electron chi connectivity index (χ1n) is 12.5. The van der Waals surface area contributed by atoms with E-state index in [9.17, 15) is 18.1 Å². The van der Waals surface area contributed by atoms with Crippen LogP contribution in [0.1, 0.15) is 142 Å². The van der Waals surface area contributed by atoms with Crippen molar-refractivity contribution >= 4 is 10.1 Å². The van der Waals surface area contributed by atoms with Crippen LogP contribution in [-0.2, 0) is 10.1 Å². The molecule has 0 spiro atoms. The van der Waals surface area contributed by atoms with Crippen molar-refractivity contribution in [1.29, 1.82) is 0 Å². The van der Waals surface area contributed by atoms with Crippen LogP contribution >= 0.6 is 0 Å². The summed E-state index contributed by atoms with van der Waals surface area (Å²) in [5, 5.41) is 9.23. The molecule has 0 bridgehead atoms. The molecule has 0 heterocycles. The van der Waals surface area contributed by atoms with E-state index in [2.05, 4.69) is 6.92 Å². The van der Waals surface area contributed by atoms with Crippen molar-refractivity contribution in [2.24, 2.45) is 0 Å². The molecule has 2 atom stereocenters. The summed E-state index contributed by atoms with van der Waals surface area (Å²) in [5.74, 6) is 0. The maximum absolute atomic E-state index is 11.2. The van der Waals surface area contributed by atoms with E-state index in [0.29, 0.717) is 12.8 Å². The van der Waals surface area contributed by atoms with Gasteiger partial charge in [0.25, 0.3) is 0 Å². The quantitative estimate of drug-likeness (QED) is 0.146. The Morgan fingerprint density at radius 2 is 0.967 bits per heavy atom. The van der Waals surface area contributed by atoms with Crippen LogP contribution in [-0.4, -0.2) is 29.4 Å². The molecule has 0 saturated heterocycles. The van der Waals surface area contributed by atoms with Crippen molar-refractivity contribution in [3.05, 3.63) is 0 Å². The van der Waals surface area contributed by atoms with Gasteiger partial charge >= 0.3 is 51.4 Å². The number of hydrogen-bond donors (Lipinski definition) is 1. The molecule has 176 valence electrons. The van der Waals surface area contributed by atoms with Gasteiger partial charge < -0.3 is 9.66 Å². The molecular weight excluding hydrogens is 423 g/mol. The van der Waals surface area contributed by atoms with Gasteiger partial charge in [-0.25, -0.2) is 8.42 Å². The Kier molecular flexibility index (Phi) is 26.6. The Balaban J connectivity index is 0. The number of rotatable bonds is 22. The van der Waals surface area contributed by atoms with Crippen molar-refractivity contribution in [1.82, 2.24) is 0 Å². The molecule has 4 nitrogen and oxygen atoms in total. The van der Waals surface area contributed by atoms with Crippen molar-refractivity contribution in [2.75, 3.05) is 0 Å². The van der Waals surface area contributed by atoms with E-state index in [1.165, 1.54) is 77.0 Å². The SMILES string of the molecule is CCCCCC(O)CCCCCCCCCCCCCCC(CCC)S(=O)(=O)[O-].[K+]. The topological polar surface area (TPSA) is 77.4 Å². The molecule has 0 aliphatic heterocycles. The molecule has 0 aromatic heterocycles. The van der Waals surface area contributed by atoms with Gasteiger partial charge in [0.05, 0.1) is 16.2 Å². The molecule has 0 saturated carbocycles. The minimum absolute atomic E-state index is 0. The maximum atomic E-state index is 11.2. The standard InChI is InChI=1S/C24H50O4S.K/c1-3-5-16-20-23(25)21-17-14-12-10-8-6-7-9-11-13-15-18-22-24(19-4-2)29(26,27)28;/h23-25H,3-22H2,1-2H3,(H,26,27,28);/q;+1/p-1. The summed E-state index contributed by atoms with van der Waals surface area (Å²) in [6, 6.07) is 0. The third-order valence-electron chi connectivity index (χ3n) is 5.97. The van der Waals surface area contributed by atoms with E-state index < -0.39 is 15.4 Å². The smallest absolute Gasteiger partial charge is 0.748 e. The summed E-state index contributed by atoms with van der Waals surface area (Å²) >= 11 is 0. The molecule has 1 N–H and O–H groups in total. The zero-order valence-electron chi connectivity index (χ0n) is 20.4. The van der Waals surface area contributed by atoms with Gasteiger partial charge in [0, 0.05) is 5.25 Å². The molecule has 0 amide bonds. The molecule has 0 rings (SSSR count). The van der Waals surface area contributed by atoms with Crippen LogP contribution in [0.15, 0.2) is 0 Å². The molecule has 30 heavy (non-hydrogen) atoms. The van der Waals surface area contributed by atoms with E-state index in [-0.39, 0.29) is 57.5 Å². The van der Waals surface area contributed by atoms with Crippen LogP contribution in [0.25, 0.3) is 0 Å². The summed E-state index contributed by atoms with van der Waals surface area (Å²) in [5.41, 5.74) is 0. The minimum atomic E-state index is -4.12. The van der Waals surface area contributed by atoms with Crippen molar-refractivity contribution in [2.45, 2.75) is 154 Å².